The molecule has 0 aromatic heterocycles. The van der Waals surface area contributed by atoms with E-state index < -0.39 is 0 Å². The van der Waals surface area contributed by atoms with Gasteiger partial charge in [-0.15, -0.1) is 0 Å². The van der Waals surface area contributed by atoms with Gasteiger partial charge >= 0.3 is 0 Å². The molecule has 0 saturated heterocycles. The van der Waals surface area contributed by atoms with Crippen LogP contribution in [-0.4, -0.2) is 0 Å². The van der Waals surface area contributed by atoms with Crippen LogP contribution in [0.4, 0.5) is 0 Å². The molecule has 0 heteroatoms. The first kappa shape index (κ1) is 4.89. The lowest BCUT2D eigenvalue weighted by Gasteiger charge is -1.75. The van der Waals surface area contributed by atoms with Gasteiger partial charge in [-0.25, -0.2) is 0 Å². The van der Waals surface area contributed by atoms with Crippen LogP contribution < -0.4 is 0 Å². The van der Waals surface area contributed by atoms with Gasteiger partial charge in [0.1, 0.15) is 0 Å². The Morgan fingerprint density at radius 2 is 2.14 bits per heavy atom. The quantitative estimate of drug-likeness (QED) is 0.439. The molecule has 1 aliphatic rings. The summed E-state index contributed by atoms with van der Waals surface area (Å²) in [5.74, 6) is 1.92. The van der Waals surface area contributed by atoms with Gasteiger partial charge in [0.15, 0.2) is 0 Å². The van der Waals surface area contributed by atoms with Gasteiger partial charge in [-0.3, -0.25) is 0 Å². The highest BCUT2D eigenvalue weighted by Gasteiger charge is 2.28. The zero-order valence-electron chi connectivity index (χ0n) is 5.02. The number of allylic oxidation sites excluding steroid dienone is 2. The van der Waals surface area contributed by atoms with Gasteiger partial charge in [-0.1, -0.05) is 19.1 Å². The van der Waals surface area contributed by atoms with Gasteiger partial charge in [0, 0.05) is 0 Å². The molecule has 0 aliphatic heterocycles. The molecular formula is C7H12. The van der Waals surface area contributed by atoms with Gasteiger partial charge in [0.25, 0.3) is 0 Å². The minimum atomic E-state index is 0.935. The van der Waals surface area contributed by atoms with E-state index in [1.807, 2.05) is 0 Å². The minimum Gasteiger partial charge on any atom is -0.0914 e. The molecule has 1 rings (SSSR count). The summed E-state index contributed by atoms with van der Waals surface area (Å²) in [5.41, 5.74) is 0. The molecule has 0 bridgehead atoms. The lowest BCUT2D eigenvalue weighted by Crippen LogP contribution is -1.64. The van der Waals surface area contributed by atoms with Crippen molar-refractivity contribution in [3.63, 3.8) is 0 Å². The molecule has 2 atom stereocenters. The average Bonchev–Trinajstić information content (AvgIpc) is 2.22. The van der Waals surface area contributed by atoms with Crippen molar-refractivity contribution in [3.05, 3.63) is 12.2 Å². The summed E-state index contributed by atoms with van der Waals surface area (Å²) in [6.07, 6.45) is 5.86. The predicted octanol–water partition coefficient (Wildman–Crippen LogP) is 2.22. The number of hydrogen-bond acceptors (Lipinski definition) is 0. The van der Waals surface area contributed by atoms with Gasteiger partial charge < -0.3 is 0 Å². The van der Waals surface area contributed by atoms with Crippen LogP contribution in [0, 0.1) is 11.8 Å². The first-order valence-corrected chi connectivity index (χ1v) is 2.97. The summed E-state index contributed by atoms with van der Waals surface area (Å²) in [6.45, 7) is 4.38. The fourth-order valence-electron chi connectivity index (χ4n) is 0.866. The predicted molar refractivity (Wildman–Crippen MR) is 32.1 cm³/mol. The highest BCUT2D eigenvalue weighted by Crippen LogP contribution is 2.38. The van der Waals surface area contributed by atoms with E-state index in [9.17, 15) is 0 Å². The maximum absolute atomic E-state index is 2.30. The Morgan fingerprint density at radius 3 is 2.29 bits per heavy atom. The molecule has 0 heterocycles. The van der Waals surface area contributed by atoms with E-state index >= 15 is 0 Å². The van der Waals surface area contributed by atoms with Crippen LogP contribution in [0.15, 0.2) is 12.2 Å². The fraction of sp³-hybridized carbons (Fsp3) is 0.714. The van der Waals surface area contributed by atoms with Crippen molar-refractivity contribution in [2.75, 3.05) is 0 Å². The molecule has 1 saturated carbocycles. The largest absolute Gasteiger partial charge is 0.0914 e. The van der Waals surface area contributed by atoms with Crippen molar-refractivity contribution < 1.29 is 0 Å². The Kier molecular flexibility index (Phi) is 1.18. The molecule has 0 nitrogen and oxygen atoms in total. The van der Waals surface area contributed by atoms with E-state index in [0.29, 0.717) is 0 Å². The fourth-order valence-corrected chi connectivity index (χ4v) is 0.866. The van der Waals surface area contributed by atoms with E-state index in [-0.39, 0.29) is 0 Å². The first-order valence-electron chi connectivity index (χ1n) is 2.97. The summed E-state index contributed by atoms with van der Waals surface area (Å²) in [6, 6.07) is 0. The first-order chi connectivity index (χ1) is 3.34. The monoisotopic (exact) mass is 96.1 g/mol. The zero-order chi connectivity index (χ0) is 5.28. The molecule has 1 aliphatic carbocycles. The molecule has 0 N–H and O–H groups in total. The molecule has 0 unspecified atom stereocenters. The molecular weight excluding hydrogens is 84.1 g/mol. The van der Waals surface area contributed by atoms with Crippen LogP contribution >= 0.6 is 0 Å². The Balaban J connectivity index is 2.21. The topological polar surface area (TPSA) is 0 Å². The van der Waals surface area contributed by atoms with Crippen molar-refractivity contribution in [2.24, 2.45) is 11.8 Å². The van der Waals surface area contributed by atoms with Crippen molar-refractivity contribution in [2.45, 2.75) is 20.3 Å². The second-order valence-corrected chi connectivity index (χ2v) is 2.40. The van der Waals surface area contributed by atoms with Crippen LogP contribution in [0.3, 0.4) is 0 Å². The summed E-state index contributed by atoms with van der Waals surface area (Å²) in [4.78, 5) is 0. The Bertz CT molecular complexity index is 82.0. The van der Waals surface area contributed by atoms with Crippen LogP contribution in [0.5, 0.6) is 0 Å². The van der Waals surface area contributed by atoms with Gasteiger partial charge in [0.05, 0.1) is 0 Å². The molecule has 40 valence electrons. The second-order valence-electron chi connectivity index (χ2n) is 2.40. The SMILES string of the molecule is C/C=C/[C@H]1C[C@@H]1C. The molecule has 0 aromatic carbocycles. The Morgan fingerprint density at radius 1 is 1.57 bits per heavy atom. The summed E-state index contributed by atoms with van der Waals surface area (Å²) < 4.78 is 0. The second kappa shape index (κ2) is 1.69. The molecule has 1 fully saturated rings. The lowest BCUT2D eigenvalue weighted by molar-refractivity contribution is 0.898. The van der Waals surface area contributed by atoms with E-state index in [0.717, 1.165) is 11.8 Å². The van der Waals surface area contributed by atoms with Crippen LogP contribution in [0.25, 0.3) is 0 Å². The van der Waals surface area contributed by atoms with Crippen LogP contribution in [0.2, 0.25) is 0 Å². The third kappa shape index (κ3) is 1.05. The van der Waals surface area contributed by atoms with Gasteiger partial charge in [-0.05, 0) is 25.2 Å². The summed E-state index contributed by atoms with van der Waals surface area (Å²) >= 11 is 0. The third-order valence-corrected chi connectivity index (χ3v) is 1.61. The van der Waals surface area contributed by atoms with Crippen molar-refractivity contribution in [1.82, 2.24) is 0 Å². The average molecular weight is 96.2 g/mol. The highest BCUT2D eigenvalue weighted by molar-refractivity contribution is 4.98. The summed E-state index contributed by atoms with van der Waals surface area (Å²) in [7, 11) is 0. The maximum Gasteiger partial charge on any atom is -0.0205 e. The smallest absolute Gasteiger partial charge is 0.0205 e. The summed E-state index contributed by atoms with van der Waals surface area (Å²) in [5, 5.41) is 0. The molecule has 0 spiro atoms. The highest BCUT2D eigenvalue weighted by atomic mass is 14.3. The Labute approximate surface area is 45.2 Å². The van der Waals surface area contributed by atoms with E-state index in [1.54, 1.807) is 0 Å². The van der Waals surface area contributed by atoms with Crippen LogP contribution in [0.1, 0.15) is 20.3 Å². The third-order valence-electron chi connectivity index (χ3n) is 1.61. The van der Waals surface area contributed by atoms with E-state index in [2.05, 4.69) is 26.0 Å². The zero-order valence-corrected chi connectivity index (χ0v) is 5.02. The number of rotatable bonds is 1. The molecule has 0 radical (unpaired) electrons. The standard InChI is InChI=1S/C7H12/c1-3-4-7-5-6(7)2/h3-4,6-7H,5H2,1-2H3/b4-3+/t6-,7-/m0/s1. The van der Waals surface area contributed by atoms with E-state index in [4.69, 9.17) is 0 Å². The molecule has 0 aromatic rings. The van der Waals surface area contributed by atoms with Gasteiger partial charge in [0.2, 0.25) is 0 Å². The van der Waals surface area contributed by atoms with Crippen molar-refractivity contribution >= 4 is 0 Å². The molecule has 0 amide bonds. The lowest BCUT2D eigenvalue weighted by atomic mass is 10.3. The Hall–Kier alpha value is -0.260. The molecule has 7 heavy (non-hydrogen) atoms. The number of hydrogen-bond donors (Lipinski definition) is 0. The maximum atomic E-state index is 2.30. The van der Waals surface area contributed by atoms with Crippen molar-refractivity contribution in [1.29, 1.82) is 0 Å². The minimum absolute atomic E-state index is 0.935. The van der Waals surface area contributed by atoms with Crippen LogP contribution in [-0.2, 0) is 0 Å². The van der Waals surface area contributed by atoms with Crippen molar-refractivity contribution in [3.8, 4) is 0 Å². The van der Waals surface area contributed by atoms with Gasteiger partial charge in [-0.2, -0.15) is 0 Å². The van der Waals surface area contributed by atoms with E-state index in [1.165, 1.54) is 6.42 Å². The normalized spacial score (nSPS) is 39.7.